The monoisotopic (exact) mass is 335 g/mol. The van der Waals surface area contributed by atoms with Crippen molar-refractivity contribution in [1.29, 1.82) is 0 Å². The van der Waals surface area contributed by atoms with Crippen LogP contribution in [0.25, 0.3) is 5.82 Å². The second-order valence-corrected chi connectivity index (χ2v) is 6.37. The molecule has 2 atom stereocenters. The smallest absolute Gasteiger partial charge is 0.173 e. The van der Waals surface area contributed by atoms with Crippen LogP contribution in [0.3, 0.4) is 0 Å². The van der Waals surface area contributed by atoms with Crippen LogP contribution in [0.15, 0.2) is 55.1 Å². The Hall–Kier alpha value is -2.73. The molecule has 0 saturated carbocycles. The zero-order chi connectivity index (χ0) is 17.2. The number of benzene rings is 1. The van der Waals surface area contributed by atoms with Gasteiger partial charge in [-0.2, -0.15) is 5.10 Å². The van der Waals surface area contributed by atoms with E-state index in [1.807, 2.05) is 18.5 Å². The third kappa shape index (κ3) is 3.13. The fourth-order valence-electron chi connectivity index (χ4n) is 3.21. The molecule has 1 aliphatic heterocycles. The summed E-state index contributed by atoms with van der Waals surface area (Å²) >= 11 is 0. The Balaban J connectivity index is 1.63. The van der Waals surface area contributed by atoms with Gasteiger partial charge in [0, 0.05) is 12.4 Å². The molecule has 2 unspecified atom stereocenters. The lowest BCUT2D eigenvalue weighted by Gasteiger charge is -2.39. The summed E-state index contributed by atoms with van der Waals surface area (Å²) in [7, 11) is 0. The molecule has 6 heteroatoms. The minimum absolute atomic E-state index is 0.0348. The zero-order valence-electron chi connectivity index (χ0n) is 14.4. The van der Waals surface area contributed by atoms with Crippen molar-refractivity contribution in [2.24, 2.45) is 0 Å². The van der Waals surface area contributed by atoms with E-state index in [1.165, 1.54) is 11.1 Å². The highest BCUT2D eigenvalue weighted by molar-refractivity contribution is 5.42. The summed E-state index contributed by atoms with van der Waals surface area (Å²) in [6.45, 7) is 5.69. The molecule has 3 aromatic rings. The molecule has 128 valence electrons. The minimum Gasteiger partial charge on any atom is -0.370 e. The Bertz CT molecular complexity index is 849. The quantitative estimate of drug-likeness (QED) is 0.736. The maximum absolute atomic E-state index is 6.10. The van der Waals surface area contributed by atoms with Gasteiger partial charge in [-0.15, -0.1) is 0 Å². The largest absolute Gasteiger partial charge is 0.370 e. The van der Waals surface area contributed by atoms with Crippen molar-refractivity contribution in [2.45, 2.75) is 26.0 Å². The highest BCUT2D eigenvalue weighted by Gasteiger charge is 2.29. The average molecular weight is 335 g/mol. The first-order chi connectivity index (χ1) is 12.2. The number of anilines is 1. The molecular formula is C19H21N5O. The van der Waals surface area contributed by atoms with Crippen LogP contribution in [0.5, 0.6) is 0 Å². The number of aryl methyl sites for hydroxylation is 1. The number of aromatic nitrogens is 4. The van der Waals surface area contributed by atoms with E-state index in [0.29, 0.717) is 12.4 Å². The molecule has 1 aromatic carbocycles. The fraction of sp³-hybridized carbons (Fsp3) is 0.316. The van der Waals surface area contributed by atoms with Crippen molar-refractivity contribution in [1.82, 2.24) is 19.7 Å². The van der Waals surface area contributed by atoms with E-state index in [9.17, 15) is 0 Å². The molecule has 6 nitrogen and oxygen atoms in total. The maximum Gasteiger partial charge on any atom is 0.173 e. The number of hydrogen-bond donors (Lipinski definition) is 0. The fourth-order valence-corrected chi connectivity index (χ4v) is 3.21. The van der Waals surface area contributed by atoms with Gasteiger partial charge in [0.2, 0.25) is 0 Å². The number of rotatable bonds is 3. The molecule has 4 rings (SSSR count). The summed E-state index contributed by atoms with van der Waals surface area (Å²) in [5.74, 6) is 1.57. The van der Waals surface area contributed by atoms with Crippen LogP contribution >= 0.6 is 0 Å². The molecule has 0 spiro atoms. The Morgan fingerprint density at radius 2 is 1.96 bits per heavy atom. The van der Waals surface area contributed by atoms with Crippen LogP contribution in [0.1, 0.15) is 24.2 Å². The first-order valence-electron chi connectivity index (χ1n) is 8.48. The van der Waals surface area contributed by atoms with Gasteiger partial charge in [-0.05, 0) is 31.0 Å². The minimum atomic E-state index is 0.0348. The van der Waals surface area contributed by atoms with E-state index >= 15 is 0 Å². The van der Waals surface area contributed by atoms with Gasteiger partial charge >= 0.3 is 0 Å². The average Bonchev–Trinajstić information content (AvgIpc) is 3.18. The molecule has 0 aliphatic carbocycles. The predicted molar refractivity (Wildman–Crippen MR) is 95.8 cm³/mol. The molecule has 0 amide bonds. The van der Waals surface area contributed by atoms with Crippen LogP contribution in [0, 0.1) is 6.92 Å². The third-order valence-electron chi connectivity index (χ3n) is 4.61. The molecule has 25 heavy (non-hydrogen) atoms. The van der Waals surface area contributed by atoms with Gasteiger partial charge in [0.15, 0.2) is 5.82 Å². The van der Waals surface area contributed by atoms with Gasteiger partial charge in [-0.3, -0.25) is 4.98 Å². The van der Waals surface area contributed by atoms with Crippen LogP contribution in [-0.2, 0) is 4.74 Å². The first-order valence-corrected chi connectivity index (χ1v) is 8.48. The number of nitrogens with zero attached hydrogens (tertiary/aromatic N) is 5. The van der Waals surface area contributed by atoms with Crippen molar-refractivity contribution in [2.75, 3.05) is 18.1 Å². The van der Waals surface area contributed by atoms with Crippen LogP contribution in [-0.4, -0.2) is 38.9 Å². The third-order valence-corrected chi connectivity index (χ3v) is 4.61. The number of hydrogen-bond acceptors (Lipinski definition) is 5. The number of morpholine rings is 1. The summed E-state index contributed by atoms with van der Waals surface area (Å²) in [4.78, 5) is 11.4. The number of ether oxygens (including phenoxy) is 1. The lowest BCUT2D eigenvalue weighted by Crippen LogP contribution is -2.45. The summed E-state index contributed by atoms with van der Waals surface area (Å²) in [6.07, 6.45) is 7.17. The molecule has 0 N–H and O–H groups in total. The Labute approximate surface area is 147 Å². The maximum atomic E-state index is 6.10. The van der Waals surface area contributed by atoms with Gasteiger partial charge in [-0.1, -0.05) is 24.3 Å². The lowest BCUT2D eigenvalue weighted by atomic mass is 10.0. The van der Waals surface area contributed by atoms with Gasteiger partial charge in [0.25, 0.3) is 0 Å². The SMILES string of the molecule is Cc1ccccc1C1CN(c2cncc(-n3cccn3)n2)C(C)CO1. The summed E-state index contributed by atoms with van der Waals surface area (Å²) in [6, 6.07) is 10.5. The van der Waals surface area contributed by atoms with Gasteiger partial charge in [0.05, 0.1) is 31.6 Å². The predicted octanol–water partition coefficient (Wildman–Crippen LogP) is 2.94. The molecule has 1 aliphatic rings. The Morgan fingerprint density at radius 3 is 2.76 bits per heavy atom. The van der Waals surface area contributed by atoms with Crippen LogP contribution < -0.4 is 4.90 Å². The van der Waals surface area contributed by atoms with Gasteiger partial charge in [-0.25, -0.2) is 9.67 Å². The molecular weight excluding hydrogens is 314 g/mol. The van der Waals surface area contributed by atoms with Gasteiger partial charge < -0.3 is 9.64 Å². The normalized spacial score (nSPS) is 20.6. The molecule has 0 radical (unpaired) electrons. The van der Waals surface area contributed by atoms with E-state index in [1.54, 1.807) is 17.1 Å². The molecule has 3 heterocycles. The summed E-state index contributed by atoms with van der Waals surface area (Å²) in [5.41, 5.74) is 2.48. The molecule has 1 fully saturated rings. The molecule has 0 bridgehead atoms. The van der Waals surface area contributed by atoms with E-state index in [-0.39, 0.29) is 12.1 Å². The second-order valence-electron chi connectivity index (χ2n) is 6.37. The highest BCUT2D eigenvalue weighted by Crippen LogP contribution is 2.29. The zero-order valence-corrected chi connectivity index (χ0v) is 14.4. The van der Waals surface area contributed by atoms with Crippen molar-refractivity contribution in [3.8, 4) is 5.82 Å². The van der Waals surface area contributed by atoms with Gasteiger partial charge in [0.1, 0.15) is 11.9 Å². The highest BCUT2D eigenvalue weighted by atomic mass is 16.5. The first kappa shape index (κ1) is 15.8. The Kier molecular flexibility index (Phi) is 4.19. The standard InChI is InChI=1S/C19H21N5O/c1-14-6-3-4-7-16(14)17-12-23(15(2)13-25-17)18-10-20-11-19(22-18)24-9-5-8-21-24/h3-11,15,17H,12-13H2,1-2H3. The van der Waals surface area contributed by atoms with E-state index in [2.05, 4.69) is 53.1 Å². The van der Waals surface area contributed by atoms with Crippen molar-refractivity contribution in [3.63, 3.8) is 0 Å². The van der Waals surface area contributed by atoms with Crippen molar-refractivity contribution < 1.29 is 4.74 Å². The van der Waals surface area contributed by atoms with Crippen LogP contribution in [0.2, 0.25) is 0 Å². The topological polar surface area (TPSA) is 56.1 Å². The van der Waals surface area contributed by atoms with Crippen LogP contribution in [0.4, 0.5) is 5.82 Å². The lowest BCUT2D eigenvalue weighted by molar-refractivity contribution is 0.0208. The Morgan fingerprint density at radius 1 is 1.12 bits per heavy atom. The van der Waals surface area contributed by atoms with Crippen molar-refractivity contribution in [3.05, 3.63) is 66.2 Å². The van der Waals surface area contributed by atoms with E-state index in [4.69, 9.17) is 9.72 Å². The summed E-state index contributed by atoms with van der Waals surface area (Å²) in [5, 5.41) is 4.24. The molecule has 1 saturated heterocycles. The molecule has 2 aromatic heterocycles. The second kappa shape index (κ2) is 6.64. The van der Waals surface area contributed by atoms with Crippen molar-refractivity contribution >= 4 is 5.82 Å². The van der Waals surface area contributed by atoms with E-state index < -0.39 is 0 Å². The summed E-state index contributed by atoms with van der Waals surface area (Å²) < 4.78 is 7.83. The van der Waals surface area contributed by atoms with E-state index in [0.717, 1.165) is 12.4 Å².